The van der Waals surface area contributed by atoms with Crippen LogP contribution in [0.3, 0.4) is 0 Å². The molecule has 0 atom stereocenters. The van der Waals surface area contributed by atoms with Crippen LogP contribution in [-0.4, -0.2) is 43.9 Å². The summed E-state index contributed by atoms with van der Waals surface area (Å²) >= 11 is 1.54. The van der Waals surface area contributed by atoms with E-state index in [9.17, 15) is 14.4 Å². The first-order valence-electron chi connectivity index (χ1n) is 7.28. The number of carboxylic acids is 1. The molecule has 1 amide bonds. The van der Waals surface area contributed by atoms with Gasteiger partial charge in [-0.05, 0) is 18.1 Å². The number of amides is 1. The van der Waals surface area contributed by atoms with Crippen LogP contribution >= 0.6 is 11.8 Å². The highest BCUT2D eigenvalue weighted by Crippen LogP contribution is 2.34. The molecule has 0 radical (unpaired) electrons. The van der Waals surface area contributed by atoms with Gasteiger partial charge in [0.15, 0.2) is 11.1 Å². The molecule has 1 saturated carbocycles. The Labute approximate surface area is 135 Å². The van der Waals surface area contributed by atoms with E-state index in [2.05, 4.69) is 15.4 Å². The molecule has 1 aliphatic rings. The Morgan fingerprint density at radius 2 is 2.26 bits per heavy atom. The average Bonchev–Trinajstić information content (AvgIpc) is 3.19. The lowest BCUT2D eigenvalue weighted by molar-refractivity contribution is -0.135. The molecule has 0 aliphatic heterocycles. The van der Waals surface area contributed by atoms with Crippen molar-refractivity contribution >= 4 is 29.3 Å². The van der Waals surface area contributed by atoms with Gasteiger partial charge >= 0.3 is 5.97 Å². The highest BCUT2D eigenvalue weighted by atomic mass is 32.2. The van der Waals surface area contributed by atoms with E-state index in [0.717, 1.165) is 18.1 Å². The molecule has 2 aromatic heterocycles. The van der Waals surface area contributed by atoms with Crippen molar-refractivity contribution in [1.82, 2.24) is 19.9 Å². The van der Waals surface area contributed by atoms with Gasteiger partial charge in [-0.15, -0.1) is 11.8 Å². The molecule has 0 saturated heterocycles. The number of aromatic nitrogens is 3. The summed E-state index contributed by atoms with van der Waals surface area (Å²) in [4.78, 5) is 38.9. The first-order chi connectivity index (χ1) is 11.1. The van der Waals surface area contributed by atoms with Gasteiger partial charge in [0.2, 0.25) is 0 Å². The van der Waals surface area contributed by atoms with Gasteiger partial charge in [0.05, 0.1) is 0 Å². The number of pyridine rings is 1. The van der Waals surface area contributed by atoms with Crippen LogP contribution in [0.25, 0.3) is 5.65 Å². The minimum atomic E-state index is -1.18. The molecule has 23 heavy (non-hydrogen) atoms. The zero-order valence-electron chi connectivity index (χ0n) is 12.2. The van der Waals surface area contributed by atoms with E-state index in [1.807, 2.05) is 0 Å². The fraction of sp³-hybridized carbons (Fsp3) is 0.429. The second-order valence-corrected chi connectivity index (χ2v) is 6.54. The van der Waals surface area contributed by atoms with E-state index in [4.69, 9.17) is 5.11 Å². The van der Waals surface area contributed by atoms with Crippen LogP contribution in [0.15, 0.2) is 22.2 Å². The Morgan fingerprint density at radius 3 is 2.96 bits per heavy atom. The fourth-order valence-electron chi connectivity index (χ4n) is 2.27. The van der Waals surface area contributed by atoms with Crippen molar-refractivity contribution in [1.29, 1.82) is 0 Å². The van der Waals surface area contributed by atoms with E-state index in [0.29, 0.717) is 5.03 Å². The summed E-state index contributed by atoms with van der Waals surface area (Å²) in [5, 5.41) is 14.4. The predicted molar refractivity (Wildman–Crippen MR) is 83.8 cm³/mol. The molecule has 0 unspecified atom stereocenters. The third kappa shape index (κ3) is 3.55. The topological polar surface area (TPSA) is 117 Å². The minimum absolute atomic E-state index is 0.154. The van der Waals surface area contributed by atoms with Crippen molar-refractivity contribution < 1.29 is 14.7 Å². The Hall–Kier alpha value is -2.29. The number of hydrogen-bond acceptors (Lipinski definition) is 5. The van der Waals surface area contributed by atoms with Crippen molar-refractivity contribution in [2.45, 2.75) is 24.3 Å². The zero-order valence-corrected chi connectivity index (χ0v) is 13.1. The van der Waals surface area contributed by atoms with Gasteiger partial charge in [-0.25, -0.2) is 9.50 Å². The molecule has 0 spiro atoms. The van der Waals surface area contributed by atoms with Crippen molar-refractivity contribution in [3.05, 3.63) is 28.2 Å². The number of H-pyrrole nitrogens is 1. The number of aliphatic carboxylic acids is 1. The predicted octanol–water partition coefficient (Wildman–Crippen LogP) is 0.729. The van der Waals surface area contributed by atoms with Crippen LogP contribution < -0.4 is 10.7 Å². The molecular formula is C14H16N4O4S. The Morgan fingerprint density at radius 1 is 1.48 bits per heavy atom. The summed E-state index contributed by atoms with van der Waals surface area (Å²) < 4.78 is 1.58. The Balaban J connectivity index is 1.86. The molecule has 9 heteroatoms. The number of carboxylic acid groups (broad SMARTS) is 1. The second-order valence-electron chi connectivity index (χ2n) is 5.43. The Kier molecular flexibility index (Phi) is 4.37. The number of hydrogen-bond donors (Lipinski definition) is 3. The van der Waals surface area contributed by atoms with Crippen molar-refractivity contribution in [2.75, 3.05) is 12.3 Å². The van der Waals surface area contributed by atoms with Gasteiger partial charge in [0.1, 0.15) is 23.5 Å². The smallest absolute Gasteiger partial charge is 0.322 e. The lowest BCUT2D eigenvalue weighted by atomic mass is 10.2. The SMILES string of the molecule is O=C(O)CNC(=O)c1c(=O)cc(SCCC2CC2)n2[nH]cnc12. The van der Waals surface area contributed by atoms with Crippen LogP contribution in [0.5, 0.6) is 0 Å². The summed E-state index contributed by atoms with van der Waals surface area (Å²) in [6, 6.07) is 1.39. The molecule has 122 valence electrons. The monoisotopic (exact) mass is 336 g/mol. The quantitative estimate of drug-likeness (QED) is 0.642. The standard InChI is InChI=1S/C14H16N4O4S/c19-9-5-10(23-4-3-8-1-2-8)18-13(16-7-17-18)12(9)14(22)15-6-11(20)21/h5,7-8H,1-4,6H2,(H,15,22)(H,16,17)(H,20,21). The highest BCUT2D eigenvalue weighted by Gasteiger charge is 2.22. The van der Waals surface area contributed by atoms with Gasteiger partial charge in [0, 0.05) is 6.07 Å². The molecular weight excluding hydrogens is 320 g/mol. The average molecular weight is 336 g/mol. The summed E-state index contributed by atoms with van der Waals surface area (Å²) in [6.07, 6.45) is 5.06. The third-order valence-corrected chi connectivity index (χ3v) is 4.67. The van der Waals surface area contributed by atoms with Crippen molar-refractivity contribution in [2.24, 2.45) is 5.92 Å². The van der Waals surface area contributed by atoms with Gasteiger partial charge in [-0.1, -0.05) is 12.8 Å². The maximum Gasteiger partial charge on any atom is 0.322 e. The summed E-state index contributed by atoms with van der Waals surface area (Å²) in [6.45, 7) is -0.549. The number of thioether (sulfide) groups is 1. The van der Waals surface area contributed by atoms with Gasteiger partial charge < -0.3 is 10.4 Å². The molecule has 3 N–H and O–H groups in total. The van der Waals surface area contributed by atoms with Crippen molar-refractivity contribution in [3.8, 4) is 0 Å². The number of aromatic amines is 1. The molecule has 2 heterocycles. The normalized spacial score (nSPS) is 14.1. The lowest BCUT2D eigenvalue weighted by Crippen LogP contribution is -2.33. The number of rotatable bonds is 7. The number of carbonyl (C=O) groups excluding carboxylic acids is 1. The van der Waals surface area contributed by atoms with E-state index >= 15 is 0 Å². The van der Waals surface area contributed by atoms with E-state index in [-0.39, 0.29) is 11.2 Å². The van der Waals surface area contributed by atoms with Crippen LogP contribution in [-0.2, 0) is 4.79 Å². The zero-order chi connectivity index (χ0) is 16.4. The van der Waals surface area contributed by atoms with Gasteiger partial charge in [-0.3, -0.25) is 19.5 Å². The first kappa shape index (κ1) is 15.6. The van der Waals surface area contributed by atoms with Gasteiger partial charge in [-0.2, -0.15) is 0 Å². The summed E-state index contributed by atoms with van der Waals surface area (Å²) in [7, 11) is 0. The number of nitrogens with one attached hydrogen (secondary N) is 2. The number of fused-ring (bicyclic) bond motifs is 1. The summed E-state index contributed by atoms with van der Waals surface area (Å²) in [5.41, 5.74) is -0.415. The fourth-order valence-corrected chi connectivity index (χ4v) is 3.39. The van der Waals surface area contributed by atoms with E-state index in [1.165, 1.54) is 25.2 Å². The second kappa shape index (κ2) is 6.45. The first-order valence-corrected chi connectivity index (χ1v) is 8.26. The highest BCUT2D eigenvalue weighted by molar-refractivity contribution is 7.99. The van der Waals surface area contributed by atoms with Crippen molar-refractivity contribution in [3.63, 3.8) is 0 Å². The number of carbonyl (C=O) groups is 2. The minimum Gasteiger partial charge on any atom is -0.480 e. The third-order valence-electron chi connectivity index (χ3n) is 3.63. The van der Waals surface area contributed by atoms with Crippen LogP contribution in [0.2, 0.25) is 0 Å². The number of nitrogens with zero attached hydrogens (tertiary/aromatic N) is 2. The molecule has 3 rings (SSSR count). The van der Waals surface area contributed by atoms with E-state index in [1.54, 1.807) is 16.3 Å². The van der Waals surface area contributed by atoms with Crippen LogP contribution in [0.1, 0.15) is 29.6 Å². The summed E-state index contributed by atoms with van der Waals surface area (Å²) in [5.74, 6) is -0.214. The van der Waals surface area contributed by atoms with E-state index < -0.39 is 23.9 Å². The molecule has 8 nitrogen and oxygen atoms in total. The van der Waals surface area contributed by atoms with Crippen LogP contribution in [0, 0.1) is 5.92 Å². The Bertz CT molecular complexity index is 809. The molecule has 1 fully saturated rings. The lowest BCUT2D eigenvalue weighted by Gasteiger charge is -2.07. The van der Waals surface area contributed by atoms with Gasteiger partial charge in [0.25, 0.3) is 5.91 Å². The van der Waals surface area contributed by atoms with Crippen LogP contribution in [0.4, 0.5) is 0 Å². The largest absolute Gasteiger partial charge is 0.480 e. The molecule has 0 aromatic carbocycles. The maximum atomic E-state index is 12.3. The molecule has 2 aromatic rings. The maximum absolute atomic E-state index is 12.3. The molecule has 0 bridgehead atoms. The molecule has 1 aliphatic carbocycles.